The van der Waals surface area contributed by atoms with E-state index in [-0.39, 0.29) is 10.6 Å². The van der Waals surface area contributed by atoms with Crippen molar-refractivity contribution in [1.82, 2.24) is 0 Å². The number of benzene rings is 1. The summed E-state index contributed by atoms with van der Waals surface area (Å²) < 4.78 is 49.9. The molecule has 0 aliphatic rings. The topological polar surface area (TPSA) is 43.4 Å². The lowest BCUT2D eigenvalue weighted by atomic mass is 10.3. The molecule has 0 N–H and O–H groups in total. The predicted molar refractivity (Wildman–Crippen MR) is 45.0 cm³/mol. The summed E-state index contributed by atoms with van der Waals surface area (Å²) in [6.07, 6.45) is 0.911. The van der Waals surface area contributed by atoms with Gasteiger partial charge in [0.25, 0.3) is 0 Å². The zero-order valence-corrected chi connectivity index (χ0v) is 8.01. The Kier molecular flexibility index (Phi) is 3.05. The molecule has 6 heteroatoms. The molecule has 0 saturated heterocycles. The molecule has 0 fully saturated rings. The van der Waals surface area contributed by atoms with Crippen molar-refractivity contribution < 1.29 is 21.9 Å². The second-order valence-electron chi connectivity index (χ2n) is 2.52. The smallest absolute Gasteiger partial charge is 0.387 e. The van der Waals surface area contributed by atoms with Crippen molar-refractivity contribution in [3.8, 4) is 5.75 Å². The van der Waals surface area contributed by atoms with Crippen LogP contribution in [0.25, 0.3) is 0 Å². The zero-order chi connectivity index (χ0) is 10.8. The van der Waals surface area contributed by atoms with E-state index in [9.17, 15) is 17.2 Å². The Labute approximate surface area is 80.2 Å². The van der Waals surface area contributed by atoms with Crippen molar-refractivity contribution in [3.05, 3.63) is 24.3 Å². The van der Waals surface area contributed by atoms with Gasteiger partial charge in [0.2, 0.25) is 0 Å². The van der Waals surface area contributed by atoms with Crippen LogP contribution in [0.5, 0.6) is 5.75 Å². The van der Waals surface area contributed by atoms with Crippen LogP contribution in [0.2, 0.25) is 0 Å². The third kappa shape index (κ3) is 2.66. The van der Waals surface area contributed by atoms with Crippen LogP contribution in [0.4, 0.5) is 8.78 Å². The number of alkyl halides is 2. The summed E-state index contributed by atoms with van der Waals surface area (Å²) in [5.41, 5.74) is 0. The van der Waals surface area contributed by atoms with Crippen LogP contribution < -0.4 is 4.74 Å². The van der Waals surface area contributed by atoms with E-state index >= 15 is 0 Å². The summed E-state index contributed by atoms with van der Waals surface area (Å²) in [5, 5.41) is 0. The molecule has 1 rings (SSSR count). The van der Waals surface area contributed by atoms with Crippen molar-refractivity contribution in [2.24, 2.45) is 0 Å². The van der Waals surface area contributed by atoms with Gasteiger partial charge in [-0.25, -0.2) is 8.42 Å². The van der Waals surface area contributed by atoms with Crippen LogP contribution in [0, 0.1) is 6.07 Å². The van der Waals surface area contributed by atoms with E-state index < -0.39 is 16.4 Å². The van der Waals surface area contributed by atoms with Crippen LogP contribution in [0.1, 0.15) is 0 Å². The summed E-state index contributed by atoms with van der Waals surface area (Å²) in [6.45, 7) is -3.04. The summed E-state index contributed by atoms with van der Waals surface area (Å²) in [7, 11) is -3.57. The van der Waals surface area contributed by atoms with Gasteiger partial charge in [0.1, 0.15) is 10.6 Å². The van der Waals surface area contributed by atoms with Gasteiger partial charge in [-0.3, -0.25) is 0 Å². The lowest BCUT2D eigenvalue weighted by Gasteiger charge is -2.07. The van der Waals surface area contributed by atoms with Gasteiger partial charge in [0, 0.05) is 6.26 Å². The number of halogens is 2. The third-order valence-electron chi connectivity index (χ3n) is 1.40. The standard InChI is InChI=1S/C8H7F2O3S/c1-14(11,12)7-5-3-2-4-6(7)13-8(9)10/h2,4-5,8H,1H3. The van der Waals surface area contributed by atoms with Gasteiger partial charge in [0.15, 0.2) is 9.84 Å². The fraction of sp³-hybridized carbons (Fsp3) is 0.250. The Hall–Kier alpha value is -1.17. The Morgan fingerprint density at radius 2 is 2.14 bits per heavy atom. The summed E-state index contributed by atoms with van der Waals surface area (Å²) in [6, 6.07) is 5.99. The first-order valence-corrected chi connectivity index (χ1v) is 5.45. The number of rotatable bonds is 3. The van der Waals surface area contributed by atoms with E-state index in [0.29, 0.717) is 0 Å². The van der Waals surface area contributed by atoms with Crippen LogP contribution in [0.15, 0.2) is 23.1 Å². The van der Waals surface area contributed by atoms with E-state index in [1.54, 1.807) is 0 Å². The predicted octanol–water partition coefficient (Wildman–Crippen LogP) is 1.49. The Morgan fingerprint density at radius 3 is 2.64 bits per heavy atom. The SMILES string of the molecule is CS(=O)(=O)c1c[c]ccc1OC(F)F. The largest absolute Gasteiger partial charge is 0.433 e. The first-order valence-electron chi connectivity index (χ1n) is 3.56. The molecule has 0 heterocycles. The molecule has 0 spiro atoms. The molecule has 0 amide bonds. The molecule has 1 aromatic rings. The lowest BCUT2D eigenvalue weighted by Crippen LogP contribution is -2.07. The lowest BCUT2D eigenvalue weighted by molar-refractivity contribution is -0.0517. The monoisotopic (exact) mass is 221 g/mol. The summed E-state index contributed by atoms with van der Waals surface area (Å²) >= 11 is 0. The molecule has 0 aromatic heterocycles. The Morgan fingerprint density at radius 1 is 1.50 bits per heavy atom. The van der Waals surface area contributed by atoms with Crippen LogP contribution in [0.3, 0.4) is 0 Å². The van der Waals surface area contributed by atoms with Crippen LogP contribution in [-0.2, 0) is 9.84 Å². The van der Waals surface area contributed by atoms with Gasteiger partial charge in [-0.2, -0.15) is 8.78 Å². The van der Waals surface area contributed by atoms with Gasteiger partial charge < -0.3 is 4.74 Å². The highest BCUT2D eigenvalue weighted by atomic mass is 32.2. The minimum Gasteiger partial charge on any atom is -0.433 e. The number of hydrogen-bond donors (Lipinski definition) is 0. The van der Waals surface area contributed by atoms with Gasteiger partial charge in [-0.15, -0.1) is 0 Å². The first kappa shape index (κ1) is 10.9. The van der Waals surface area contributed by atoms with E-state index in [1.807, 2.05) is 0 Å². The molecule has 14 heavy (non-hydrogen) atoms. The highest BCUT2D eigenvalue weighted by molar-refractivity contribution is 7.90. The van der Waals surface area contributed by atoms with Gasteiger partial charge in [-0.1, -0.05) is 6.07 Å². The summed E-state index contributed by atoms with van der Waals surface area (Å²) in [4.78, 5) is -0.291. The molecular formula is C8H7F2O3S. The Balaban J connectivity index is 3.17. The third-order valence-corrected chi connectivity index (χ3v) is 2.52. The molecule has 1 aromatic carbocycles. The van der Waals surface area contributed by atoms with Gasteiger partial charge in [-0.05, 0) is 18.2 Å². The van der Waals surface area contributed by atoms with E-state index in [2.05, 4.69) is 10.8 Å². The van der Waals surface area contributed by atoms with E-state index in [0.717, 1.165) is 18.4 Å². The fourth-order valence-corrected chi connectivity index (χ4v) is 1.65. The number of sulfone groups is 1. The molecule has 0 aliphatic heterocycles. The first-order chi connectivity index (χ1) is 6.41. The second kappa shape index (κ2) is 3.91. The molecule has 1 radical (unpaired) electrons. The normalized spacial score (nSPS) is 11.7. The Bertz CT molecular complexity index is 414. The number of ether oxygens (including phenoxy) is 1. The minimum atomic E-state index is -3.57. The van der Waals surface area contributed by atoms with Crippen molar-refractivity contribution in [1.29, 1.82) is 0 Å². The van der Waals surface area contributed by atoms with Crippen molar-refractivity contribution in [2.45, 2.75) is 11.5 Å². The number of hydrogen-bond acceptors (Lipinski definition) is 3. The maximum atomic E-state index is 11.9. The maximum Gasteiger partial charge on any atom is 0.387 e. The van der Waals surface area contributed by atoms with Crippen molar-refractivity contribution >= 4 is 9.84 Å². The average molecular weight is 221 g/mol. The molecule has 0 saturated carbocycles. The zero-order valence-electron chi connectivity index (χ0n) is 7.20. The fourth-order valence-electron chi connectivity index (χ4n) is 0.884. The molecule has 0 aliphatic carbocycles. The molecule has 3 nitrogen and oxygen atoms in total. The molecule has 77 valence electrons. The second-order valence-corrected chi connectivity index (χ2v) is 4.51. The minimum absolute atomic E-state index is 0.291. The molecule has 0 atom stereocenters. The van der Waals surface area contributed by atoms with Gasteiger partial charge in [0.05, 0.1) is 0 Å². The molecule has 0 bridgehead atoms. The van der Waals surface area contributed by atoms with E-state index in [1.165, 1.54) is 6.07 Å². The highest BCUT2D eigenvalue weighted by Gasteiger charge is 2.16. The van der Waals surface area contributed by atoms with Crippen molar-refractivity contribution in [3.63, 3.8) is 0 Å². The van der Waals surface area contributed by atoms with E-state index in [4.69, 9.17) is 0 Å². The molecule has 0 unspecified atom stereocenters. The quantitative estimate of drug-likeness (QED) is 0.776. The van der Waals surface area contributed by atoms with Crippen molar-refractivity contribution in [2.75, 3.05) is 6.26 Å². The average Bonchev–Trinajstić information content (AvgIpc) is 2.01. The van der Waals surface area contributed by atoms with Crippen LogP contribution >= 0.6 is 0 Å². The highest BCUT2D eigenvalue weighted by Crippen LogP contribution is 2.24. The maximum absolute atomic E-state index is 11.9. The summed E-state index contributed by atoms with van der Waals surface area (Å²) in [5.74, 6) is -0.360. The molecular weight excluding hydrogens is 214 g/mol. The van der Waals surface area contributed by atoms with Gasteiger partial charge >= 0.3 is 6.61 Å². The van der Waals surface area contributed by atoms with Crippen LogP contribution in [-0.4, -0.2) is 21.3 Å².